The summed E-state index contributed by atoms with van der Waals surface area (Å²) in [7, 11) is 1.62. The second-order valence-corrected chi connectivity index (χ2v) is 9.81. The van der Waals surface area contributed by atoms with Crippen molar-refractivity contribution in [1.29, 1.82) is 0 Å². The van der Waals surface area contributed by atoms with Crippen molar-refractivity contribution in [2.45, 2.75) is 57.2 Å². The first kappa shape index (κ1) is 24.0. The maximum atomic E-state index is 13.8. The minimum atomic E-state index is -0.722. The Hall–Kier alpha value is -3.12. The van der Waals surface area contributed by atoms with Gasteiger partial charge in [0.25, 0.3) is 0 Å². The van der Waals surface area contributed by atoms with Gasteiger partial charge in [-0.1, -0.05) is 67.8 Å². The van der Waals surface area contributed by atoms with Crippen LogP contribution in [0.1, 0.15) is 54.1 Å². The SMILES string of the molecule is COc1ccc(C(C(=O)NC2CCCCC2)N(Cc2ccccc2)C(=O)Cc2cccs2)cc1. The normalized spacial score (nSPS) is 14.9. The molecule has 0 saturated heterocycles. The molecule has 1 N–H and O–H groups in total. The largest absolute Gasteiger partial charge is 0.497 e. The van der Waals surface area contributed by atoms with Crippen molar-refractivity contribution in [1.82, 2.24) is 10.2 Å². The first-order valence-corrected chi connectivity index (χ1v) is 12.8. The van der Waals surface area contributed by atoms with Crippen LogP contribution in [-0.2, 0) is 22.6 Å². The Morgan fingerprint density at radius 3 is 2.38 bits per heavy atom. The number of thiophene rings is 1. The summed E-state index contributed by atoms with van der Waals surface area (Å²) >= 11 is 1.56. The van der Waals surface area contributed by atoms with Gasteiger partial charge in [0.15, 0.2) is 0 Å². The van der Waals surface area contributed by atoms with Gasteiger partial charge < -0.3 is 15.0 Å². The van der Waals surface area contributed by atoms with E-state index in [1.54, 1.807) is 23.3 Å². The number of benzene rings is 2. The maximum Gasteiger partial charge on any atom is 0.247 e. The molecule has 0 radical (unpaired) electrons. The molecule has 1 aliphatic rings. The molecule has 1 aliphatic carbocycles. The van der Waals surface area contributed by atoms with Crippen molar-refractivity contribution >= 4 is 23.2 Å². The summed E-state index contributed by atoms with van der Waals surface area (Å²) in [5, 5.41) is 5.24. The number of nitrogens with zero attached hydrogens (tertiary/aromatic N) is 1. The highest BCUT2D eigenvalue weighted by Gasteiger charge is 2.33. The standard InChI is InChI=1S/C28H32N2O3S/c1-33-24-16-14-22(15-17-24)27(28(32)29-23-11-6-3-7-12-23)30(20-21-9-4-2-5-10-21)26(31)19-25-13-8-18-34-25/h2,4-5,8-10,13-18,23,27H,3,6-7,11-12,19-20H2,1H3,(H,29,32). The van der Waals surface area contributed by atoms with Crippen LogP contribution in [0.15, 0.2) is 72.1 Å². The fraction of sp³-hybridized carbons (Fsp3) is 0.357. The second kappa shape index (κ2) is 11.8. The summed E-state index contributed by atoms with van der Waals surface area (Å²) in [6, 6.07) is 20.7. The molecule has 0 spiro atoms. The predicted octanol–water partition coefficient (Wildman–Crippen LogP) is 5.52. The van der Waals surface area contributed by atoms with E-state index in [4.69, 9.17) is 4.74 Å². The van der Waals surface area contributed by atoms with Crippen LogP contribution in [0.3, 0.4) is 0 Å². The van der Waals surface area contributed by atoms with E-state index in [2.05, 4.69) is 5.32 Å². The molecule has 1 saturated carbocycles. The molecule has 5 nitrogen and oxygen atoms in total. The average Bonchev–Trinajstić information content (AvgIpc) is 3.38. The van der Waals surface area contributed by atoms with E-state index in [-0.39, 0.29) is 24.3 Å². The number of carbonyl (C=O) groups excluding carboxylic acids is 2. The summed E-state index contributed by atoms with van der Waals surface area (Å²) in [5.74, 6) is 0.535. The average molecular weight is 477 g/mol. The van der Waals surface area contributed by atoms with E-state index < -0.39 is 6.04 Å². The summed E-state index contributed by atoms with van der Waals surface area (Å²) < 4.78 is 5.32. The van der Waals surface area contributed by atoms with E-state index in [0.717, 1.165) is 47.4 Å². The van der Waals surface area contributed by atoms with Crippen LogP contribution in [0.2, 0.25) is 0 Å². The number of hydrogen-bond acceptors (Lipinski definition) is 4. The third kappa shape index (κ3) is 6.26. The second-order valence-electron chi connectivity index (χ2n) is 8.78. The van der Waals surface area contributed by atoms with Gasteiger partial charge in [0.2, 0.25) is 11.8 Å². The smallest absolute Gasteiger partial charge is 0.247 e. The molecule has 4 rings (SSSR count). The zero-order chi connectivity index (χ0) is 23.8. The lowest BCUT2D eigenvalue weighted by atomic mass is 9.94. The van der Waals surface area contributed by atoms with Gasteiger partial charge >= 0.3 is 0 Å². The van der Waals surface area contributed by atoms with E-state index in [1.807, 2.05) is 72.1 Å². The first-order chi connectivity index (χ1) is 16.6. The highest BCUT2D eigenvalue weighted by molar-refractivity contribution is 7.10. The summed E-state index contributed by atoms with van der Waals surface area (Å²) in [4.78, 5) is 30.2. The van der Waals surface area contributed by atoms with Crippen molar-refractivity contribution in [2.24, 2.45) is 0 Å². The molecule has 2 aromatic carbocycles. The lowest BCUT2D eigenvalue weighted by Gasteiger charge is -2.33. The van der Waals surface area contributed by atoms with Gasteiger partial charge in [-0.2, -0.15) is 0 Å². The zero-order valence-corrected chi connectivity index (χ0v) is 20.4. The van der Waals surface area contributed by atoms with E-state index in [0.29, 0.717) is 6.54 Å². The molecule has 3 aromatic rings. The third-order valence-corrected chi connectivity index (χ3v) is 7.24. The molecule has 0 aliphatic heterocycles. The Morgan fingerprint density at radius 1 is 1.00 bits per heavy atom. The minimum Gasteiger partial charge on any atom is -0.497 e. The van der Waals surface area contributed by atoms with Crippen LogP contribution in [0.5, 0.6) is 5.75 Å². The molecule has 1 heterocycles. The Bertz CT molecular complexity index is 1050. The van der Waals surface area contributed by atoms with Crippen molar-refractivity contribution in [3.05, 3.63) is 88.1 Å². The number of rotatable bonds is 9. The Balaban J connectivity index is 1.68. The Kier molecular flexibility index (Phi) is 8.36. The number of nitrogens with one attached hydrogen (secondary N) is 1. The van der Waals surface area contributed by atoms with E-state index in [1.165, 1.54) is 6.42 Å². The number of amides is 2. The molecular formula is C28H32N2O3S. The molecular weight excluding hydrogens is 444 g/mol. The van der Waals surface area contributed by atoms with Crippen LogP contribution < -0.4 is 10.1 Å². The van der Waals surface area contributed by atoms with Gasteiger partial charge in [-0.15, -0.1) is 11.3 Å². The third-order valence-electron chi connectivity index (χ3n) is 6.36. The zero-order valence-electron chi connectivity index (χ0n) is 19.6. The quantitative estimate of drug-likeness (QED) is 0.443. The Labute approximate surface area is 205 Å². The molecule has 0 bridgehead atoms. The van der Waals surface area contributed by atoms with Crippen LogP contribution in [0.25, 0.3) is 0 Å². The summed E-state index contributed by atoms with van der Waals surface area (Å²) in [5.41, 5.74) is 1.77. The number of hydrogen-bond donors (Lipinski definition) is 1. The van der Waals surface area contributed by atoms with Crippen LogP contribution in [-0.4, -0.2) is 29.9 Å². The van der Waals surface area contributed by atoms with Crippen molar-refractivity contribution in [3.8, 4) is 5.75 Å². The number of carbonyl (C=O) groups is 2. The van der Waals surface area contributed by atoms with Crippen molar-refractivity contribution in [3.63, 3.8) is 0 Å². The van der Waals surface area contributed by atoms with Crippen LogP contribution >= 0.6 is 11.3 Å². The molecule has 34 heavy (non-hydrogen) atoms. The lowest BCUT2D eigenvalue weighted by molar-refractivity contribution is -0.141. The molecule has 178 valence electrons. The monoisotopic (exact) mass is 476 g/mol. The molecule has 2 amide bonds. The highest BCUT2D eigenvalue weighted by Crippen LogP contribution is 2.28. The minimum absolute atomic E-state index is 0.0640. The topological polar surface area (TPSA) is 58.6 Å². The summed E-state index contributed by atoms with van der Waals surface area (Å²) in [6.07, 6.45) is 5.72. The Morgan fingerprint density at radius 2 is 1.74 bits per heavy atom. The van der Waals surface area contributed by atoms with Gasteiger partial charge in [-0.25, -0.2) is 0 Å². The van der Waals surface area contributed by atoms with Crippen LogP contribution in [0.4, 0.5) is 0 Å². The first-order valence-electron chi connectivity index (χ1n) is 11.9. The van der Waals surface area contributed by atoms with Crippen LogP contribution in [0, 0.1) is 0 Å². The number of methoxy groups -OCH3 is 1. The highest BCUT2D eigenvalue weighted by atomic mass is 32.1. The molecule has 1 aromatic heterocycles. The summed E-state index contributed by atoms with van der Waals surface area (Å²) in [6.45, 7) is 0.361. The molecule has 1 atom stereocenters. The lowest BCUT2D eigenvalue weighted by Crippen LogP contribution is -2.47. The maximum absolute atomic E-state index is 13.8. The van der Waals surface area contributed by atoms with Gasteiger partial charge in [0.1, 0.15) is 11.8 Å². The van der Waals surface area contributed by atoms with Crippen molar-refractivity contribution in [2.75, 3.05) is 7.11 Å². The van der Waals surface area contributed by atoms with Gasteiger partial charge in [0.05, 0.1) is 13.5 Å². The molecule has 1 fully saturated rings. The predicted molar refractivity (Wildman–Crippen MR) is 136 cm³/mol. The van der Waals surface area contributed by atoms with Gasteiger partial charge in [-0.05, 0) is 47.5 Å². The fourth-order valence-corrected chi connectivity index (χ4v) is 5.25. The molecule has 1 unspecified atom stereocenters. The van der Waals surface area contributed by atoms with E-state index >= 15 is 0 Å². The fourth-order valence-electron chi connectivity index (χ4n) is 4.55. The molecule has 6 heteroatoms. The van der Waals surface area contributed by atoms with Gasteiger partial charge in [0, 0.05) is 17.5 Å². The van der Waals surface area contributed by atoms with Crippen molar-refractivity contribution < 1.29 is 14.3 Å². The number of ether oxygens (including phenoxy) is 1. The van der Waals surface area contributed by atoms with E-state index in [9.17, 15) is 9.59 Å². The van der Waals surface area contributed by atoms with Gasteiger partial charge in [-0.3, -0.25) is 9.59 Å².